The maximum absolute atomic E-state index is 14.9. The molecular weight excluding hydrogens is 348 g/mol. The molecule has 0 N–H and O–H groups in total. The molecule has 0 atom stereocenters. The SMILES string of the molecule is Cc1oc2ccc(C3=NC(C)(C)C(F)(F)c4ccccc43)cc2c(=O)c1C. The number of hydrogen-bond acceptors (Lipinski definition) is 3. The van der Waals surface area contributed by atoms with E-state index < -0.39 is 11.5 Å². The van der Waals surface area contributed by atoms with Crippen molar-refractivity contribution in [3.05, 3.63) is 80.7 Å². The van der Waals surface area contributed by atoms with Gasteiger partial charge in [0.2, 0.25) is 0 Å². The molecule has 1 aromatic heterocycles. The van der Waals surface area contributed by atoms with Crippen LogP contribution in [0.2, 0.25) is 0 Å². The van der Waals surface area contributed by atoms with E-state index in [1.54, 1.807) is 50.2 Å². The zero-order chi connectivity index (χ0) is 19.6. The maximum atomic E-state index is 14.9. The lowest BCUT2D eigenvalue weighted by molar-refractivity contribution is -0.0681. The molecule has 0 saturated heterocycles. The van der Waals surface area contributed by atoms with Crippen molar-refractivity contribution in [3.8, 4) is 0 Å². The minimum atomic E-state index is -3.09. The number of benzene rings is 2. The Morgan fingerprint density at radius 3 is 2.48 bits per heavy atom. The summed E-state index contributed by atoms with van der Waals surface area (Å²) in [5.74, 6) is -2.52. The van der Waals surface area contributed by atoms with Crippen molar-refractivity contribution in [3.63, 3.8) is 0 Å². The number of fused-ring (bicyclic) bond motifs is 2. The quantitative estimate of drug-likeness (QED) is 0.598. The first-order valence-corrected chi connectivity index (χ1v) is 8.75. The van der Waals surface area contributed by atoms with Gasteiger partial charge in [0.15, 0.2) is 5.43 Å². The third-order valence-corrected chi connectivity index (χ3v) is 5.31. The van der Waals surface area contributed by atoms with E-state index in [1.165, 1.54) is 19.9 Å². The van der Waals surface area contributed by atoms with Gasteiger partial charge in [0.1, 0.15) is 16.9 Å². The molecule has 0 fully saturated rings. The van der Waals surface area contributed by atoms with E-state index >= 15 is 0 Å². The minimum absolute atomic E-state index is 0.0489. The minimum Gasteiger partial charge on any atom is -0.461 e. The van der Waals surface area contributed by atoms with E-state index in [2.05, 4.69) is 4.99 Å². The first kappa shape index (κ1) is 17.6. The zero-order valence-corrected chi connectivity index (χ0v) is 15.6. The van der Waals surface area contributed by atoms with Gasteiger partial charge in [-0.15, -0.1) is 0 Å². The number of aliphatic imine (C=N–C) groups is 1. The summed E-state index contributed by atoms with van der Waals surface area (Å²) >= 11 is 0. The van der Waals surface area contributed by atoms with Crippen molar-refractivity contribution < 1.29 is 13.2 Å². The first-order valence-electron chi connectivity index (χ1n) is 8.75. The van der Waals surface area contributed by atoms with Crippen LogP contribution in [0.3, 0.4) is 0 Å². The van der Waals surface area contributed by atoms with Gasteiger partial charge in [-0.2, -0.15) is 8.78 Å². The number of nitrogens with zero attached hydrogens (tertiary/aromatic N) is 1. The lowest BCUT2D eigenvalue weighted by atomic mass is 9.81. The summed E-state index contributed by atoms with van der Waals surface area (Å²) in [6.45, 7) is 6.30. The van der Waals surface area contributed by atoms with Crippen molar-refractivity contribution >= 4 is 16.7 Å². The fourth-order valence-corrected chi connectivity index (χ4v) is 3.47. The van der Waals surface area contributed by atoms with Gasteiger partial charge in [0, 0.05) is 22.3 Å². The molecule has 27 heavy (non-hydrogen) atoms. The Morgan fingerprint density at radius 1 is 1.04 bits per heavy atom. The molecule has 2 aromatic carbocycles. The predicted octanol–water partition coefficient (Wildman–Crippen LogP) is 5.13. The third kappa shape index (κ3) is 2.45. The van der Waals surface area contributed by atoms with Crippen molar-refractivity contribution in [1.82, 2.24) is 0 Å². The summed E-state index contributed by atoms with van der Waals surface area (Å²) in [6.07, 6.45) is 0. The fourth-order valence-electron chi connectivity index (χ4n) is 3.47. The molecule has 0 spiro atoms. The average Bonchev–Trinajstić information content (AvgIpc) is 2.63. The molecule has 2 heterocycles. The van der Waals surface area contributed by atoms with Crippen LogP contribution in [0.5, 0.6) is 0 Å². The van der Waals surface area contributed by atoms with Crippen LogP contribution in [0.1, 0.15) is 41.9 Å². The van der Waals surface area contributed by atoms with Gasteiger partial charge in [0.05, 0.1) is 11.1 Å². The van der Waals surface area contributed by atoms with Crippen LogP contribution in [0, 0.1) is 13.8 Å². The van der Waals surface area contributed by atoms with Crippen LogP contribution in [0.15, 0.2) is 56.7 Å². The largest absolute Gasteiger partial charge is 0.461 e. The van der Waals surface area contributed by atoms with E-state index in [0.717, 1.165) is 0 Å². The van der Waals surface area contributed by atoms with Gasteiger partial charge in [0.25, 0.3) is 5.92 Å². The highest BCUT2D eigenvalue weighted by Crippen LogP contribution is 2.46. The number of alkyl halides is 2. The van der Waals surface area contributed by atoms with E-state index in [-0.39, 0.29) is 11.0 Å². The Hall–Kier alpha value is -2.82. The summed E-state index contributed by atoms with van der Waals surface area (Å²) in [5.41, 5.74) is 0.708. The van der Waals surface area contributed by atoms with Gasteiger partial charge >= 0.3 is 0 Å². The zero-order valence-electron chi connectivity index (χ0n) is 15.6. The molecule has 5 heteroatoms. The normalized spacial score (nSPS) is 17.5. The molecular formula is C22H19F2NO2. The topological polar surface area (TPSA) is 42.6 Å². The highest BCUT2D eigenvalue weighted by molar-refractivity contribution is 6.15. The first-order chi connectivity index (χ1) is 12.6. The van der Waals surface area contributed by atoms with Crippen molar-refractivity contribution in [2.24, 2.45) is 4.99 Å². The molecule has 0 bridgehead atoms. The van der Waals surface area contributed by atoms with Crippen LogP contribution < -0.4 is 5.43 Å². The summed E-state index contributed by atoms with van der Waals surface area (Å²) in [4.78, 5) is 17.0. The molecule has 0 radical (unpaired) electrons. The molecule has 0 aliphatic carbocycles. The molecule has 0 unspecified atom stereocenters. The molecule has 3 nitrogen and oxygen atoms in total. The van der Waals surface area contributed by atoms with E-state index in [1.807, 2.05) is 0 Å². The van der Waals surface area contributed by atoms with Gasteiger partial charge < -0.3 is 4.42 Å². The molecule has 0 amide bonds. The smallest absolute Gasteiger partial charge is 0.297 e. The van der Waals surface area contributed by atoms with E-state index in [0.29, 0.717) is 39.1 Å². The molecule has 1 aliphatic rings. The number of halogens is 2. The standard InChI is InChI=1S/C22H19F2NO2/c1-12-13(2)27-18-10-9-14(11-16(18)20(12)26)19-15-7-5-6-8-17(15)22(23,24)21(3,4)25-19/h5-11H,1-4H3. The fraction of sp³-hybridized carbons (Fsp3) is 0.273. The third-order valence-electron chi connectivity index (χ3n) is 5.31. The highest BCUT2D eigenvalue weighted by atomic mass is 19.3. The second kappa shape index (κ2) is 5.59. The Bertz CT molecular complexity index is 1170. The summed E-state index contributed by atoms with van der Waals surface area (Å²) in [7, 11) is 0. The molecule has 4 rings (SSSR count). The highest BCUT2D eigenvalue weighted by Gasteiger charge is 2.52. The summed E-state index contributed by atoms with van der Waals surface area (Å²) in [5, 5.41) is 0.422. The summed E-state index contributed by atoms with van der Waals surface area (Å²) in [6, 6.07) is 11.5. The molecule has 3 aromatic rings. The Morgan fingerprint density at radius 2 is 1.74 bits per heavy atom. The van der Waals surface area contributed by atoms with Gasteiger partial charge in [-0.3, -0.25) is 9.79 Å². The summed E-state index contributed by atoms with van der Waals surface area (Å²) < 4.78 is 35.5. The van der Waals surface area contributed by atoms with E-state index in [4.69, 9.17) is 4.42 Å². The van der Waals surface area contributed by atoms with Crippen molar-refractivity contribution in [2.45, 2.75) is 39.2 Å². The van der Waals surface area contributed by atoms with Crippen LogP contribution in [-0.2, 0) is 5.92 Å². The Labute approximate surface area is 155 Å². The second-order valence-electron chi connectivity index (χ2n) is 7.46. The lowest BCUT2D eigenvalue weighted by Gasteiger charge is -2.37. The van der Waals surface area contributed by atoms with E-state index in [9.17, 15) is 13.6 Å². The van der Waals surface area contributed by atoms with Crippen molar-refractivity contribution in [2.75, 3.05) is 0 Å². The van der Waals surface area contributed by atoms with Crippen LogP contribution in [0.25, 0.3) is 11.0 Å². The van der Waals surface area contributed by atoms with Crippen molar-refractivity contribution in [1.29, 1.82) is 0 Å². The monoisotopic (exact) mass is 367 g/mol. The molecule has 0 saturated carbocycles. The second-order valence-corrected chi connectivity index (χ2v) is 7.46. The number of rotatable bonds is 1. The maximum Gasteiger partial charge on any atom is 0.297 e. The molecule has 138 valence electrons. The average molecular weight is 367 g/mol. The number of aryl methyl sites for hydroxylation is 1. The number of hydrogen-bond donors (Lipinski definition) is 0. The molecule has 1 aliphatic heterocycles. The van der Waals surface area contributed by atoms with Crippen LogP contribution >= 0.6 is 0 Å². The lowest BCUT2D eigenvalue weighted by Crippen LogP contribution is -2.44. The van der Waals surface area contributed by atoms with Gasteiger partial charge in [-0.05, 0) is 45.9 Å². The predicted molar refractivity (Wildman–Crippen MR) is 102 cm³/mol. The Balaban J connectivity index is 2.01. The van der Waals surface area contributed by atoms with Crippen LogP contribution in [0.4, 0.5) is 8.78 Å². The van der Waals surface area contributed by atoms with Gasteiger partial charge in [-0.25, -0.2) is 0 Å². The van der Waals surface area contributed by atoms with Crippen LogP contribution in [-0.4, -0.2) is 11.3 Å². The van der Waals surface area contributed by atoms with Gasteiger partial charge in [-0.1, -0.05) is 24.3 Å². The Kier molecular flexibility index (Phi) is 3.64.